The minimum atomic E-state index is -1.01. The molecule has 0 radical (unpaired) electrons. The highest BCUT2D eigenvalue weighted by Crippen LogP contribution is 1.97. The van der Waals surface area contributed by atoms with Crippen LogP contribution in [-0.4, -0.2) is 41.5 Å². The summed E-state index contributed by atoms with van der Waals surface area (Å²) in [5.74, 6) is -1.24. The van der Waals surface area contributed by atoms with Crippen LogP contribution in [0.1, 0.15) is 19.8 Å². The summed E-state index contributed by atoms with van der Waals surface area (Å²) in [4.78, 5) is 22.6. The molecule has 1 amide bonds. The minimum absolute atomic E-state index is 0.177. The second-order valence-electron chi connectivity index (χ2n) is 3.02. The van der Waals surface area contributed by atoms with Crippen LogP contribution in [0.3, 0.4) is 0 Å². The molecule has 0 heterocycles. The first-order chi connectivity index (χ1) is 5.97. The summed E-state index contributed by atoms with van der Waals surface area (Å²) in [7, 11) is 1.46. The Kier molecular flexibility index (Phi) is 5.06. The fourth-order valence-electron chi connectivity index (χ4n) is 0.816. The fraction of sp³-hybridized carbons (Fsp3) is 0.750. The maximum atomic E-state index is 11.2. The van der Waals surface area contributed by atoms with E-state index in [1.165, 1.54) is 7.05 Å². The van der Waals surface area contributed by atoms with Crippen LogP contribution in [0.2, 0.25) is 0 Å². The summed E-state index contributed by atoms with van der Waals surface area (Å²) in [5, 5.41) is 8.40. The largest absolute Gasteiger partial charge is 0.480 e. The third-order valence-corrected chi connectivity index (χ3v) is 1.76. The van der Waals surface area contributed by atoms with Crippen molar-refractivity contribution in [3.63, 3.8) is 0 Å². The number of carbonyl (C=O) groups excluding carboxylic acids is 1. The number of hydrogen-bond donors (Lipinski definition) is 2. The van der Waals surface area contributed by atoms with Gasteiger partial charge in [0.2, 0.25) is 5.91 Å². The number of rotatable bonds is 5. The lowest BCUT2D eigenvalue weighted by Gasteiger charge is -2.16. The Bertz CT molecular complexity index is 194. The van der Waals surface area contributed by atoms with E-state index in [-0.39, 0.29) is 24.9 Å². The highest BCUT2D eigenvalue weighted by Gasteiger charge is 2.14. The molecule has 3 N–H and O–H groups in total. The Labute approximate surface area is 77.5 Å². The minimum Gasteiger partial charge on any atom is -0.480 e. The molecule has 1 atom stereocenters. The van der Waals surface area contributed by atoms with Crippen LogP contribution < -0.4 is 5.73 Å². The first-order valence-electron chi connectivity index (χ1n) is 4.18. The van der Waals surface area contributed by atoms with Gasteiger partial charge in [0.1, 0.15) is 6.54 Å². The number of aliphatic carboxylic acids is 1. The highest BCUT2D eigenvalue weighted by atomic mass is 16.4. The summed E-state index contributed by atoms with van der Waals surface area (Å²) in [6.07, 6.45) is 0.924. The molecule has 0 aromatic rings. The van der Waals surface area contributed by atoms with Gasteiger partial charge in [-0.1, -0.05) is 6.92 Å². The average molecular weight is 188 g/mol. The summed E-state index contributed by atoms with van der Waals surface area (Å²) >= 11 is 0. The number of likely N-dealkylation sites (N-methyl/N-ethyl adjacent to an activating group) is 1. The molecule has 0 aliphatic heterocycles. The third-order valence-electron chi connectivity index (χ3n) is 1.76. The van der Waals surface area contributed by atoms with Crippen LogP contribution in [0, 0.1) is 0 Å². The topological polar surface area (TPSA) is 83.6 Å². The monoisotopic (exact) mass is 188 g/mol. The van der Waals surface area contributed by atoms with Gasteiger partial charge in [0.05, 0.1) is 0 Å². The van der Waals surface area contributed by atoms with Gasteiger partial charge in [0, 0.05) is 19.5 Å². The van der Waals surface area contributed by atoms with E-state index < -0.39 is 5.97 Å². The van der Waals surface area contributed by atoms with Crippen molar-refractivity contribution in [2.45, 2.75) is 25.8 Å². The zero-order chi connectivity index (χ0) is 10.4. The molecule has 5 heteroatoms. The molecule has 0 rings (SSSR count). The first kappa shape index (κ1) is 11.9. The lowest BCUT2D eigenvalue weighted by Crippen LogP contribution is -2.36. The second-order valence-corrected chi connectivity index (χ2v) is 3.02. The van der Waals surface area contributed by atoms with Crippen LogP contribution in [0.4, 0.5) is 0 Å². The van der Waals surface area contributed by atoms with E-state index in [4.69, 9.17) is 10.8 Å². The van der Waals surface area contributed by atoms with Crippen LogP contribution in [0.15, 0.2) is 0 Å². The van der Waals surface area contributed by atoms with Gasteiger partial charge < -0.3 is 15.7 Å². The van der Waals surface area contributed by atoms with Crippen molar-refractivity contribution < 1.29 is 14.7 Å². The normalized spacial score (nSPS) is 12.2. The molecule has 1 unspecified atom stereocenters. The van der Waals surface area contributed by atoms with Gasteiger partial charge in [-0.25, -0.2) is 0 Å². The maximum Gasteiger partial charge on any atom is 0.323 e. The van der Waals surface area contributed by atoms with Gasteiger partial charge in [-0.2, -0.15) is 0 Å². The predicted octanol–water partition coefficient (Wildman–Crippen LogP) is -0.343. The SMILES string of the molecule is CCC(N)CC(=O)N(C)CC(=O)O. The number of amides is 1. The second kappa shape index (κ2) is 5.53. The van der Waals surface area contributed by atoms with E-state index in [1.807, 2.05) is 6.92 Å². The summed E-state index contributed by atoms with van der Waals surface area (Å²) < 4.78 is 0. The van der Waals surface area contributed by atoms with Crippen LogP contribution >= 0.6 is 0 Å². The Morgan fingerprint density at radius 2 is 2.08 bits per heavy atom. The molecule has 5 nitrogen and oxygen atoms in total. The van der Waals surface area contributed by atoms with E-state index in [0.29, 0.717) is 6.42 Å². The standard InChI is InChI=1S/C8H16N2O3/c1-3-6(9)4-7(11)10(2)5-8(12)13/h6H,3-5,9H2,1-2H3,(H,12,13). The Hall–Kier alpha value is -1.10. The molecule has 0 bridgehead atoms. The van der Waals surface area contributed by atoms with E-state index in [2.05, 4.69) is 0 Å². The van der Waals surface area contributed by atoms with Crippen molar-refractivity contribution in [1.29, 1.82) is 0 Å². The van der Waals surface area contributed by atoms with Gasteiger partial charge in [-0.05, 0) is 6.42 Å². The molecule has 0 spiro atoms. The number of nitrogens with two attached hydrogens (primary N) is 1. The molecule has 0 aromatic carbocycles. The lowest BCUT2D eigenvalue weighted by molar-refractivity contribution is -0.143. The summed E-state index contributed by atoms with van der Waals surface area (Å²) in [6.45, 7) is 1.62. The number of carbonyl (C=O) groups is 2. The van der Waals surface area contributed by atoms with Gasteiger partial charge in [0.15, 0.2) is 0 Å². The first-order valence-corrected chi connectivity index (χ1v) is 4.18. The molecule has 0 aliphatic rings. The molecule has 0 aliphatic carbocycles. The third kappa shape index (κ3) is 5.19. The van der Waals surface area contributed by atoms with Gasteiger partial charge >= 0.3 is 5.97 Å². The molecular weight excluding hydrogens is 172 g/mol. The summed E-state index contributed by atoms with van der Waals surface area (Å²) in [5.41, 5.74) is 5.55. The van der Waals surface area contributed by atoms with Crippen molar-refractivity contribution >= 4 is 11.9 Å². The van der Waals surface area contributed by atoms with Gasteiger partial charge in [0.25, 0.3) is 0 Å². The van der Waals surface area contributed by atoms with Crippen molar-refractivity contribution in [2.75, 3.05) is 13.6 Å². The van der Waals surface area contributed by atoms with Crippen molar-refractivity contribution in [3.8, 4) is 0 Å². The summed E-state index contributed by atoms with van der Waals surface area (Å²) in [6, 6.07) is -0.177. The van der Waals surface area contributed by atoms with Crippen molar-refractivity contribution in [3.05, 3.63) is 0 Å². The quantitative estimate of drug-likeness (QED) is 0.618. The number of hydrogen-bond acceptors (Lipinski definition) is 3. The zero-order valence-electron chi connectivity index (χ0n) is 7.99. The van der Waals surface area contributed by atoms with E-state index in [0.717, 1.165) is 4.90 Å². The van der Waals surface area contributed by atoms with E-state index >= 15 is 0 Å². The Balaban J connectivity index is 3.89. The number of carboxylic acid groups (broad SMARTS) is 1. The van der Waals surface area contributed by atoms with E-state index in [9.17, 15) is 9.59 Å². The molecule has 0 fully saturated rings. The molecular formula is C8H16N2O3. The zero-order valence-corrected chi connectivity index (χ0v) is 7.99. The smallest absolute Gasteiger partial charge is 0.323 e. The van der Waals surface area contributed by atoms with Gasteiger partial charge in [-0.15, -0.1) is 0 Å². The van der Waals surface area contributed by atoms with Crippen LogP contribution in [0.5, 0.6) is 0 Å². The predicted molar refractivity (Wildman–Crippen MR) is 48.2 cm³/mol. The van der Waals surface area contributed by atoms with Crippen LogP contribution in [0.25, 0.3) is 0 Å². The van der Waals surface area contributed by atoms with Crippen molar-refractivity contribution in [1.82, 2.24) is 4.90 Å². The Morgan fingerprint density at radius 1 is 1.54 bits per heavy atom. The van der Waals surface area contributed by atoms with Gasteiger partial charge in [-0.3, -0.25) is 9.59 Å². The maximum absolute atomic E-state index is 11.2. The molecule has 76 valence electrons. The van der Waals surface area contributed by atoms with E-state index in [1.54, 1.807) is 0 Å². The lowest BCUT2D eigenvalue weighted by atomic mass is 10.1. The molecule has 13 heavy (non-hydrogen) atoms. The van der Waals surface area contributed by atoms with Crippen LogP contribution in [-0.2, 0) is 9.59 Å². The Morgan fingerprint density at radius 3 is 2.46 bits per heavy atom. The highest BCUT2D eigenvalue weighted by molar-refractivity contribution is 5.81. The fourth-order valence-corrected chi connectivity index (χ4v) is 0.816. The molecule has 0 aromatic heterocycles. The average Bonchev–Trinajstić information content (AvgIpc) is 2.02. The molecule has 0 saturated heterocycles. The van der Waals surface area contributed by atoms with Crippen molar-refractivity contribution in [2.24, 2.45) is 5.73 Å². The molecule has 0 saturated carbocycles. The number of nitrogens with zero attached hydrogens (tertiary/aromatic N) is 1. The number of carboxylic acids is 1.